The lowest BCUT2D eigenvalue weighted by atomic mass is 9.84. The fourth-order valence-corrected chi connectivity index (χ4v) is 2.84. The van der Waals surface area contributed by atoms with E-state index >= 15 is 0 Å². The second kappa shape index (κ2) is 4.53. The number of aromatic nitrogens is 3. The van der Waals surface area contributed by atoms with Gasteiger partial charge < -0.3 is 9.88 Å². The zero-order valence-corrected chi connectivity index (χ0v) is 10.2. The minimum atomic E-state index is 0.499. The van der Waals surface area contributed by atoms with Gasteiger partial charge in [0.05, 0.1) is 6.54 Å². The molecule has 1 heterocycles. The van der Waals surface area contributed by atoms with Gasteiger partial charge in [0.15, 0.2) is 0 Å². The summed E-state index contributed by atoms with van der Waals surface area (Å²) < 4.78 is 2.46. The average Bonchev–Trinajstić information content (AvgIpc) is 2.57. The Balaban J connectivity index is 1.77. The molecular weight excluding hydrogens is 208 g/mol. The van der Waals surface area contributed by atoms with Crippen LogP contribution < -0.4 is 5.32 Å². The van der Waals surface area contributed by atoms with E-state index in [1.807, 2.05) is 23.4 Å². The molecule has 84 valence electrons. The molecule has 0 unspecified atom stereocenters. The van der Waals surface area contributed by atoms with Gasteiger partial charge in [-0.05, 0) is 19.1 Å². The minimum absolute atomic E-state index is 0.499. The van der Waals surface area contributed by atoms with E-state index in [2.05, 4.69) is 21.8 Å². The molecule has 2 rings (SSSR count). The topological polar surface area (TPSA) is 42.7 Å². The Labute approximate surface area is 94.8 Å². The summed E-state index contributed by atoms with van der Waals surface area (Å²) in [6, 6.07) is 0. The van der Waals surface area contributed by atoms with Gasteiger partial charge in [0.25, 0.3) is 0 Å². The summed E-state index contributed by atoms with van der Waals surface area (Å²) in [5, 5.41) is 11.4. The number of rotatable bonds is 5. The van der Waals surface area contributed by atoms with E-state index < -0.39 is 0 Å². The largest absolute Gasteiger partial charge is 0.320 e. The molecule has 0 atom stereocenters. The highest BCUT2D eigenvalue weighted by atomic mass is 32.2. The van der Waals surface area contributed by atoms with Crippen LogP contribution in [0.1, 0.15) is 25.1 Å². The second-order valence-electron chi connectivity index (χ2n) is 4.20. The molecule has 4 nitrogen and oxygen atoms in total. The quantitative estimate of drug-likeness (QED) is 0.819. The smallest absolute Gasteiger partial charge is 0.146 e. The highest BCUT2D eigenvalue weighted by Gasteiger charge is 2.35. The van der Waals surface area contributed by atoms with Crippen molar-refractivity contribution in [2.45, 2.75) is 30.6 Å². The summed E-state index contributed by atoms with van der Waals surface area (Å²) in [6.07, 6.45) is 8.03. The number of hydrogen-bond acceptors (Lipinski definition) is 4. The molecule has 1 N–H and O–H groups in total. The summed E-state index contributed by atoms with van der Waals surface area (Å²) in [4.78, 5) is 0. The maximum absolute atomic E-state index is 4.05. The molecule has 1 aliphatic carbocycles. The van der Waals surface area contributed by atoms with Gasteiger partial charge in [0.2, 0.25) is 0 Å². The second-order valence-corrected chi connectivity index (χ2v) is 5.48. The predicted octanol–water partition coefficient (Wildman–Crippen LogP) is 1.19. The lowest BCUT2D eigenvalue weighted by molar-refractivity contribution is 0.343. The SMILES string of the molecule is CSC1(CNCc2nncn2C)CCC1. The fourth-order valence-electron chi connectivity index (χ4n) is 1.89. The molecule has 1 saturated carbocycles. The molecular formula is C10H18N4S. The van der Waals surface area contributed by atoms with E-state index in [1.165, 1.54) is 19.3 Å². The third kappa shape index (κ3) is 2.34. The van der Waals surface area contributed by atoms with Crippen molar-refractivity contribution in [3.63, 3.8) is 0 Å². The molecule has 0 saturated heterocycles. The van der Waals surface area contributed by atoms with Crippen LogP contribution in [0, 0.1) is 0 Å². The van der Waals surface area contributed by atoms with Crippen LogP contribution in [0.2, 0.25) is 0 Å². The lowest BCUT2D eigenvalue weighted by Crippen LogP contribution is -2.43. The van der Waals surface area contributed by atoms with Gasteiger partial charge in [-0.1, -0.05) is 6.42 Å². The Morgan fingerprint density at radius 2 is 2.40 bits per heavy atom. The van der Waals surface area contributed by atoms with Gasteiger partial charge in [0.1, 0.15) is 12.2 Å². The van der Waals surface area contributed by atoms with Gasteiger partial charge in [-0.3, -0.25) is 0 Å². The lowest BCUT2D eigenvalue weighted by Gasteiger charge is -2.40. The van der Waals surface area contributed by atoms with Crippen molar-refractivity contribution >= 4 is 11.8 Å². The number of aryl methyl sites for hydroxylation is 1. The van der Waals surface area contributed by atoms with Gasteiger partial charge >= 0.3 is 0 Å². The average molecular weight is 226 g/mol. The van der Waals surface area contributed by atoms with E-state index in [9.17, 15) is 0 Å². The van der Waals surface area contributed by atoms with Gasteiger partial charge in [0, 0.05) is 18.3 Å². The molecule has 5 heteroatoms. The van der Waals surface area contributed by atoms with E-state index in [0.717, 1.165) is 18.9 Å². The maximum atomic E-state index is 4.05. The van der Waals surface area contributed by atoms with Crippen LogP contribution in [-0.2, 0) is 13.6 Å². The highest BCUT2D eigenvalue weighted by Crippen LogP contribution is 2.42. The van der Waals surface area contributed by atoms with E-state index in [4.69, 9.17) is 0 Å². The van der Waals surface area contributed by atoms with E-state index in [-0.39, 0.29) is 0 Å². The fraction of sp³-hybridized carbons (Fsp3) is 0.800. The van der Waals surface area contributed by atoms with Crippen LogP contribution in [0.25, 0.3) is 0 Å². The molecule has 0 bridgehead atoms. The maximum Gasteiger partial charge on any atom is 0.146 e. The van der Waals surface area contributed by atoms with Crippen molar-refractivity contribution in [2.24, 2.45) is 7.05 Å². The van der Waals surface area contributed by atoms with Crippen LogP contribution in [0.15, 0.2) is 6.33 Å². The first-order valence-corrected chi connectivity index (χ1v) is 6.57. The number of nitrogens with one attached hydrogen (secondary N) is 1. The Morgan fingerprint density at radius 3 is 2.87 bits per heavy atom. The van der Waals surface area contributed by atoms with Crippen LogP contribution in [0.3, 0.4) is 0 Å². The first-order chi connectivity index (χ1) is 7.26. The zero-order chi connectivity index (χ0) is 10.7. The summed E-state index contributed by atoms with van der Waals surface area (Å²) in [5.41, 5.74) is 0. The van der Waals surface area contributed by atoms with Gasteiger partial charge in [-0.2, -0.15) is 11.8 Å². The van der Waals surface area contributed by atoms with Crippen LogP contribution in [0.4, 0.5) is 0 Å². The van der Waals surface area contributed by atoms with Crippen molar-refractivity contribution in [2.75, 3.05) is 12.8 Å². The molecule has 15 heavy (non-hydrogen) atoms. The molecule has 0 radical (unpaired) electrons. The molecule has 0 aliphatic heterocycles. The third-order valence-electron chi connectivity index (χ3n) is 3.23. The van der Waals surface area contributed by atoms with Crippen molar-refractivity contribution < 1.29 is 0 Å². The van der Waals surface area contributed by atoms with Crippen molar-refractivity contribution in [1.82, 2.24) is 20.1 Å². The van der Waals surface area contributed by atoms with Crippen molar-refractivity contribution in [3.8, 4) is 0 Å². The predicted molar refractivity (Wildman–Crippen MR) is 62.8 cm³/mol. The van der Waals surface area contributed by atoms with Crippen molar-refractivity contribution in [3.05, 3.63) is 12.2 Å². The summed E-state index contributed by atoms with van der Waals surface area (Å²) in [6.45, 7) is 1.90. The first kappa shape index (κ1) is 11.0. The molecule has 0 aromatic carbocycles. The highest BCUT2D eigenvalue weighted by molar-refractivity contribution is 8.00. The summed E-state index contributed by atoms with van der Waals surface area (Å²) in [7, 11) is 1.98. The summed E-state index contributed by atoms with van der Waals surface area (Å²) >= 11 is 2.00. The van der Waals surface area contributed by atoms with Crippen molar-refractivity contribution in [1.29, 1.82) is 0 Å². The molecule has 0 amide bonds. The minimum Gasteiger partial charge on any atom is -0.320 e. The molecule has 1 aromatic rings. The zero-order valence-electron chi connectivity index (χ0n) is 9.36. The summed E-state index contributed by atoms with van der Waals surface area (Å²) in [5.74, 6) is 1.01. The molecule has 1 fully saturated rings. The number of thioether (sulfide) groups is 1. The molecule has 1 aliphatic rings. The van der Waals surface area contributed by atoms with E-state index in [1.54, 1.807) is 6.33 Å². The number of nitrogens with zero attached hydrogens (tertiary/aromatic N) is 3. The Morgan fingerprint density at radius 1 is 1.60 bits per heavy atom. The Bertz CT molecular complexity index is 313. The van der Waals surface area contributed by atoms with Gasteiger partial charge in [-0.15, -0.1) is 10.2 Å². The first-order valence-electron chi connectivity index (χ1n) is 5.34. The monoisotopic (exact) mass is 226 g/mol. The molecule has 1 aromatic heterocycles. The van der Waals surface area contributed by atoms with Gasteiger partial charge in [-0.25, -0.2) is 0 Å². The van der Waals surface area contributed by atoms with Crippen LogP contribution in [-0.4, -0.2) is 32.3 Å². The van der Waals surface area contributed by atoms with E-state index in [0.29, 0.717) is 4.75 Å². The normalized spacial score (nSPS) is 18.8. The Kier molecular flexibility index (Phi) is 3.31. The van der Waals surface area contributed by atoms with Crippen LogP contribution >= 0.6 is 11.8 Å². The standard InChI is InChI=1S/C10H18N4S/c1-14-8-12-13-9(14)6-11-7-10(15-2)4-3-5-10/h8,11H,3-7H2,1-2H3. The number of hydrogen-bond donors (Lipinski definition) is 1. The molecule has 0 spiro atoms. The Hall–Kier alpha value is -0.550. The van der Waals surface area contributed by atoms with Crippen LogP contribution in [0.5, 0.6) is 0 Å². The third-order valence-corrected chi connectivity index (χ3v) is 4.65.